The van der Waals surface area contributed by atoms with E-state index in [4.69, 9.17) is 9.94 Å². The van der Waals surface area contributed by atoms with Gasteiger partial charge in [-0.15, -0.1) is 0 Å². The summed E-state index contributed by atoms with van der Waals surface area (Å²) >= 11 is 0. The van der Waals surface area contributed by atoms with Crippen molar-refractivity contribution in [2.75, 3.05) is 0 Å². The Labute approximate surface area is 132 Å². The van der Waals surface area contributed by atoms with E-state index in [0.717, 1.165) is 25.5 Å². The molecule has 1 fully saturated rings. The molecule has 0 bridgehead atoms. The molecule has 0 saturated heterocycles. The summed E-state index contributed by atoms with van der Waals surface area (Å²) < 4.78 is 5.57. The minimum atomic E-state index is -0.574. The highest BCUT2D eigenvalue weighted by Crippen LogP contribution is 2.43. The summed E-state index contributed by atoms with van der Waals surface area (Å²) in [6, 6.07) is 10.4. The predicted octanol–water partition coefficient (Wildman–Crippen LogP) is 3.77. The fourth-order valence-corrected chi connectivity index (χ4v) is 3.59. The van der Waals surface area contributed by atoms with Crippen molar-refractivity contribution in [3.63, 3.8) is 0 Å². The molecular formula is C18H25NO3. The second-order valence-corrected chi connectivity index (χ2v) is 6.83. The predicted molar refractivity (Wildman–Crippen MR) is 86.1 cm³/mol. The second kappa shape index (κ2) is 6.95. The van der Waals surface area contributed by atoms with E-state index in [1.165, 1.54) is 5.56 Å². The van der Waals surface area contributed by atoms with Crippen LogP contribution in [0.2, 0.25) is 0 Å². The highest BCUT2D eigenvalue weighted by atomic mass is 16.5. The van der Waals surface area contributed by atoms with E-state index in [1.807, 2.05) is 18.2 Å². The number of hydrogen-bond acceptors (Lipinski definition) is 4. The maximum atomic E-state index is 11.7. The van der Waals surface area contributed by atoms with E-state index in [-0.39, 0.29) is 17.4 Å². The van der Waals surface area contributed by atoms with Crippen LogP contribution in [0.4, 0.5) is 0 Å². The Kier molecular flexibility index (Phi) is 5.22. The first-order chi connectivity index (χ1) is 10.4. The number of carbonyl (C=O) groups is 1. The largest absolute Gasteiger partial charge is 0.458 e. The SMILES string of the molecule is C[C@@H]1CC[C@@H](C(C)(C)c2ccccc2)[C@@H](OC(=O)/C=N/O)C1. The fourth-order valence-electron chi connectivity index (χ4n) is 3.59. The van der Waals surface area contributed by atoms with Crippen LogP contribution in [0.25, 0.3) is 0 Å². The summed E-state index contributed by atoms with van der Waals surface area (Å²) in [6.45, 7) is 6.61. The number of rotatable bonds is 4. The molecule has 0 aliphatic heterocycles. The Bertz CT molecular complexity index is 524. The molecule has 2 rings (SSSR count). The molecule has 3 atom stereocenters. The minimum absolute atomic E-state index is 0.0807. The van der Waals surface area contributed by atoms with Crippen LogP contribution in [0.5, 0.6) is 0 Å². The van der Waals surface area contributed by atoms with Gasteiger partial charge in [0.05, 0.1) is 0 Å². The van der Waals surface area contributed by atoms with Crippen LogP contribution in [0.3, 0.4) is 0 Å². The minimum Gasteiger partial charge on any atom is -0.458 e. The van der Waals surface area contributed by atoms with Gasteiger partial charge in [0, 0.05) is 5.92 Å². The molecule has 1 N–H and O–H groups in total. The van der Waals surface area contributed by atoms with Crippen molar-refractivity contribution in [2.45, 2.75) is 51.6 Å². The number of esters is 1. The molecule has 0 amide bonds. The highest BCUT2D eigenvalue weighted by Gasteiger charge is 2.41. The van der Waals surface area contributed by atoms with E-state index in [2.05, 4.69) is 38.1 Å². The van der Waals surface area contributed by atoms with Gasteiger partial charge < -0.3 is 9.94 Å². The Morgan fingerprint density at radius 1 is 1.32 bits per heavy atom. The van der Waals surface area contributed by atoms with Gasteiger partial charge in [0.1, 0.15) is 6.10 Å². The van der Waals surface area contributed by atoms with Crippen molar-refractivity contribution in [2.24, 2.45) is 17.0 Å². The molecule has 1 aromatic carbocycles. The van der Waals surface area contributed by atoms with Crippen molar-refractivity contribution in [1.29, 1.82) is 0 Å². The number of ether oxygens (including phenoxy) is 1. The Hall–Kier alpha value is -1.84. The van der Waals surface area contributed by atoms with Crippen molar-refractivity contribution in [3.8, 4) is 0 Å². The lowest BCUT2D eigenvalue weighted by Crippen LogP contribution is -2.43. The molecule has 0 spiro atoms. The van der Waals surface area contributed by atoms with Gasteiger partial charge in [-0.3, -0.25) is 0 Å². The van der Waals surface area contributed by atoms with Crippen molar-refractivity contribution in [1.82, 2.24) is 0 Å². The van der Waals surface area contributed by atoms with Crippen molar-refractivity contribution in [3.05, 3.63) is 35.9 Å². The number of nitrogens with zero attached hydrogens (tertiary/aromatic N) is 1. The molecule has 1 aliphatic carbocycles. The summed E-state index contributed by atoms with van der Waals surface area (Å²) in [6.07, 6.45) is 3.70. The highest BCUT2D eigenvalue weighted by molar-refractivity contribution is 6.22. The molecule has 0 aromatic heterocycles. The second-order valence-electron chi connectivity index (χ2n) is 6.83. The summed E-state index contributed by atoms with van der Waals surface area (Å²) in [5.41, 5.74) is 1.18. The molecular weight excluding hydrogens is 278 g/mol. The van der Waals surface area contributed by atoms with Gasteiger partial charge in [0.25, 0.3) is 0 Å². The van der Waals surface area contributed by atoms with Crippen LogP contribution >= 0.6 is 0 Å². The smallest absolute Gasteiger partial charge is 0.353 e. The summed E-state index contributed by atoms with van der Waals surface area (Å²) in [5.74, 6) is 0.212. The number of benzene rings is 1. The summed E-state index contributed by atoms with van der Waals surface area (Å²) in [5, 5.41) is 11.3. The number of carbonyl (C=O) groups excluding carboxylic acids is 1. The first-order valence-corrected chi connectivity index (χ1v) is 7.88. The third kappa shape index (κ3) is 3.67. The Balaban J connectivity index is 2.23. The first kappa shape index (κ1) is 16.5. The van der Waals surface area contributed by atoms with Gasteiger partial charge in [-0.1, -0.05) is 62.7 Å². The van der Waals surface area contributed by atoms with E-state index < -0.39 is 5.97 Å². The average molecular weight is 303 g/mol. The van der Waals surface area contributed by atoms with E-state index >= 15 is 0 Å². The van der Waals surface area contributed by atoms with Crippen molar-refractivity contribution >= 4 is 12.2 Å². The molecule has 4 heteroatoms. The van der Waals surface area contributed by atoms with Crippen LogP contribution in [-0.2, 0) is 14.9 Å². The molecule has 1 saturated carbocycles. The zero-order chi connectivity index (χ0) is 16.2. The Morgan fingerprint density at radius 2 is 2.00 bits per heavy atom. The average Bonchev–Trinajstić information content (AvgIpc) is 2.48. The molecule has 120 valence electrons. The van der Waals surface area contributed by atoms with Crippen LogP contribution in [0.15, 0.2) is 35.5 Å². The lowest BCUT2D eigenvalue weighted by Gasteiger charge is -2.43. The maximum absolute atomic E-state index is 11.7. The zero-order valence-corrected chi connectivity index (χ0v) is 13.5. The van der Waals surface area contributed by atoms with Crippen LogP contribution < -0.4 is 0 Å². The fraction of sp³-hybridized carbons (Fsp3) is 0.556. The molecule has 22 heavy (non-hydrogen) atoms. The van der Waals surface area contributed by atoms with E-state index in [0.29, 0.717) is 5.92 Å². The van der Waals surface area contributed by atoms with Crippen LogP contribution in [0.1, 0.15) is 45.6 Å². The van der Waals surface area contributed by atoms with E-state index in [9.17, 15) is 4.79 Å². The lowest BCUT2D eigenvalue weighted by molar-refractivity contribution is -0.147. The molecule has 1 aliphatic rings. The van der Waals surface area contributed by atoms with Gasteiger partial charge in [0.2, 0.25) is 0 Å². The number of hydrogen-bond donors (Lipinski definition) is 1. The Morgan fingerprint density at radius 3 is 2.64 bits per heavy atom. The van der Waals surface area contributed by atoms with Gasteiger partial charge in [-0.2, -0.15) is 0 Å². The molecule has 0 unspecified atom stereocenters. The van der Waals surface area contributed by atoms with Crippen molar-refractivity contribution < 1.29 is 14.7 Å². The summed E-state index contributed by atoms with van der Waals surface area (Å²) in [7, 11) is 0. The topological polar surface area (TPSA) is 58.9 Å². The number of oxime groups is 1. The van der Waals surface area contributed by atoms with Crippen LogP contribution in [0, 0.1) is 11.8 Å². The quantitative estimate of drug-likeness (QED) is 0.398. The third-order valence-corrected chi connectivity index (χ3v) is 4.93. The third-order valence-electron chi connectivity index (χ3n) is 4.93. The lowest BCUT2D eigenvalue weighted by atomic mass is 9.64. The molecule has 0 radical (unpaired) electrons. The molecule has 0 heterocycles. The van der Waals surface area contributed by atoms with Gasteiger partial charge >= 0.3 is 5.97 Å². The monoisotopic (exact) mass is 303 g/mol. The van der Waals surface area contributed by atoms with E-state index in [1.54, 1.807) is 0 Å². The van der Waals surface area contributed by atoms with Gasteiger partial charge in [-0.25, -0.2) is 4.79 Å². The standard InChI is InChI=1S/C18H25NO3/c1-13-9-10-15(16(11-13)22-17(20)12-19-21)18(2,3)14-7-5-4-6-8-14/h4-8,12-13,15-16,21H,9-11H2,1-3H3/b19-12+/t13-,15-,16+/m1/s1. The van der Waals surface area contributed by atoms with Gasteiger partial charge in [-0.05, 0) is 29.7 Å². The van der Waals surface area contributed by atoms with Crippen LogP contribution in [-0.4, -0.2) is 23.5 Å². The molecule has 1 aromatic rings. The maximum Gasteiger partial charge on any atom is 0.353 e. The summed E-state index contributed by atoms with van der Waals surface area (Å²) in [4.78, 5) is 11.7. The molecule has 4 nitrogen and oxygen atoms in total. The normalized spacial score (nSPS) is 26.0. The van der Waals surface area contributed by atoms with Gasteiger partial charge in [0.15, 0.2) is 6.21 Å². The zero-order valence-electron chi connectivity index (χ0n) is 13.5. The first-order valence-electron chi connectivity index (χ1n) is 7.88.